The van der Waals surface area contributed by atoms with Crippen molar-refractivity contribution in [2.75, 3.05) is 17.2 Å². The van der Waals surface area contributed by atoms with Crippen molar-refractivity contribution in [1.29, 1.82) is 0 Å². The highest BCUT2D eigenvalue weighted by atomic mass is 19.2. The van der Waals surface area contributed by atoms with Gasteiger partial charge in [-0.05, 0) is 37.3 Å². The van der Waals surface area contributed by atoms with Crippen LogP contribution in [0.2, 0.25) is 0 Å². The van der Waals surface area contributed by atoms with E-state index in [1.165, 1.54) is 11.0 Å². The van der Waals surface area contributed by atoms with Gasteiger partial charge in [0.15, 0.2) is 11.6 Å². The lowest BCUT2D eigenvalue weighted by Crippen LogP contribution is -2.31. The second-order valence-electron chi connectivity index (χ2n) is 4.24. The molecule has 0 radical (unpaired) electrons. The molecule has 0 unspecified atom stereocenters. The van der Waals surface area contributed by atoms with E-state index in [1.807, 2.05) is 0 Å². The first-order chi connectivity index (χ1) is 9.54. The third kappa shape index (κ3) is 2.61. The predicted molar refractivity (Wildman–Crippen MR) is 74.6 cm³/mol. The van der Waals surface area contributed by atoms with E-state index < -0.39 is 17.5 Å². The zero-order valence-electron chi connectivity index (χ0n) is 10.9. The molecule has 20 heavy (non-hydrogen) atoms. The molecule has 0 spiro atoms. The van der Waals surface area contributed by atoms with Crippen LogP contribution in [-0.4, -0.2) is 12.5 Å². The number of anilines is 2. The molecule has 0 saturated carbocycles. The van der Waals surface area contributed by atoms with Gasteiger partial charge in [0, 0.05) is 12.1 Å². The molecule has 2 N–H and O–H groups in total. The van der Waals surface area contributed by atoms with Gasteiger partial charge in [0.05, 0.1) is 11.4 Å². The van der Waals surface area contributed by atoms with Crippen LogP contribution in [0.4, 0.5) is 20.2 Å². The predicted octanol–water partition coefficient (Wildman–Crippen LogP) is 3.21. The lowest BCUT2D eigenvalue weighted by molar-refractivity contribution is 0.0988. The molecule has 0 saturated heterocycles. The normalized spacial score (nSPS) is 10.3. The fourth-order valence-corrected chi connectivity index (χ4v) is 1.94. The zero-order valence-corrected chi connectivity index (χ0v) is 10.9. The van der Waals surface area contributed by atoms with Crippen molar-refractivity contribution in [3.63, 3.8) is 0 Å². The number of carbonyl (C=O) groups excluding carboxylic acids is 1. The molecule has 2 rings (SSSR count). The van der Waals surface area contributed by atoms with Crippen LogP contribution in [0.5, 0.6) is 0 Å². The Balaban J connectivity index is 2.39. The van der Waals surface area contributed by atoms with E-state index in [1.54, 1.807) is 31.2 Å². The summed E-state index contributed by atoms with van der Waals surface area (Å²) in [7, 11) is 0. The number of nitrogen functional groups attached to an aromatic ring is 1. The van der Waals surface area contributed by atoms with E-state index in [0.29, 0.717) is 17.9 Å². The van der Waals surface area contributed by atoms with Crippen molar-refractivity contribution < 1.29 is 13.6 Å². The number of nitrogens with two attached hydrogens (primary N) is 1. The van der Waals surface area contributed by atoms with Crippen molar-refractivity contribution in [3.8, 4) is 0 Å². The largest absolute Gasteiger partial charge is 0.397 e. The second-order valence-corrected chi connectivity index (χ2v) is 4.24. The number of hydrogen-bond donors (Lipinski definition) is 1. The van der Waals surface area contributed by atoms with Gasteiger partial charge in [-0.1, -0.05) is 12.1 Å². The van der Waals surface area contributed by atoms with Gasteiger partial charge < -0.3 is 10.6 Å². The van der Waals surface area contributed by atoms with E-state index in [-0.39, 0.29) is 5.56 Å². The maximum absolute atomic E-state index is 13.2. The highest BCUT2D eigenvalue weighted by Gasteiger charge is 2.19. The quantitative estimate of drug-likeness (QED) is 0.875. The number of carbonyl (C=O) groups is 1. The molecule has 1 amide bonds. The van der Waals surface area contributed by atoms with Gasteiger partial charge in [0.25, 0.3) is 5.91 Å². The van der Waals surface area contributed by atoms with Crippen LogP contribution in [0.3, 0.4) is 0 Å². The Hall–Kier alpha value is -2.43. The minimum atomic E-state index is -1.05. The number of nitrogens with zero attached hydrogens (tertiary/aromatic N) is 1. The maximum Gasteiger partial charge on any atom is 0.258 e. The van der Waals surface area contributed by atoms with E-state index in [2.05, 4.69) is 0 Å². The summed E-state index contributed by atoms with van der Waals surface area (Å²) in [5, 5.41) is 0. The van der Waals surface area contributed by atoms with Crippen LogP contribution in [0, 0.1) is 11.6 Å². The molecule has 104 valence electrons. The summed E-state index contributed by atoms with van der Waals surface area (Å²) in [6, 6.07) is 9.97. The van der Waals surface area contributed by atoms with Gasteiger partial charge >= 0.3 is 0 Å². The molecule has 2 aromatic rings. The van der Waals surface area contributed by atoms with Crippen molar-refractivity contribution in [3.05, 3.63) is 59.7 Å². The summed E-state index contributed by atoms with van der Waals surface area (Å²) in [6.45, 7) is 2.15. The molecular weight excluding hydrogens is 262 g/mol. The molecule has 0 fully saturated rings. The minimum absolute atomic E-state index is 0.0778. The zero-order chi connectivity index (χ0) is 14.7. The lowest BCUT2D eigenvalue weighted by atomic mass is 10.1. The van der Waals surface area contributed by atoms with E-state index >= 15 is 0 Å². The van der Waals surface area contributed by atoms with Gasteiger partial charge in [-0.25, -0.2) is 8.78 Å². The van der Waals surface area contributed by atoms with Gasteiger partial charge in [0.1, 0.15) is 0 Å². The summed E-state index contributed by atoms with van der Waals surface area (Å²) >= 11 is 0. The Morgan fingerprint density at radius 3 is 2.45 bits per heavy atom. The Morgan fingerprint density at radius 1 is 1.15 bits per heavy atom. The van der Waals surface area contributed by atoms with Crippen LogP contribution >= 0.6 is 0 Å². The number of halogens is 2. The number of rotatable bonds is 3. The van der Waals surface area contributed by atoms with Gasteiger partial charge in [0.2, 0.25) is 0 Å². The molecule has 0 aromatic heterocycles. The van der Waals surface area contributed by atoms with E-state index in [0.717, 1.165) is 12.1 Å². The van der Waals surface area contributed by atoms with E-state index in [4.69, 9.17) is 5.73 Å². The summed E-state index contributed by atoms with van der Waals surface area (Å²) < 4.78 is 26.1. The van der Waals surface area contributed by atoms with Crippen LogP contribution in [0.15, 0.2) is 42.5 Å². The van der Waals surface area contributed by atoms with Crippen molar-refractivity contribution in [2.45, 2.75) is 6.92 Å². The highest BCUT2D eigenvalue weighted by Crippen LogP contribution is 2.24. The highest BCUT2D eigenvalue weighted by molar-refractivity contribution is 6.07. The average Bonchev–Trinajstić information content (AvgIpc) is 2.44. The Kier molecular flexibility index (Phi) is 3.98. The molecule has 0 heterocycles. The topological polar surface area (TPSA) is 46.3 Å². The molecule has 0 atom stereocenters. The lowest BCUT2D eigenvalue weighted by Gasteiger charge is -2.22. The number of amides is 1. The molecule has 0 aliphatic carbocycles. The Morgan fingerprint density at radius 2 is 1.85 bits per heavy atom. The standard InChI is InChI=1S/C15H14F2N2O/c1-2-19(14-6-4-3-5-13(14)18)15(20)10-7-8-11(16)12(17)9-10/h3-9H,2,18H2,1H3. The Bertz CT molecular complexity index is 644. The smallest absolute Gasteiger partial charge is 0.258 e. The van der Waals surface area contributed by atoms with E-state index in [9.17, 15) is 13.6 Å². The molecule has 5 heteroatoms. The molecule has 0 aliphatic rings. The fraction of sp³-hybridized carbons (Fsp3) is 0.133. The van der Waals surface area contributed by atoms with Crippen LogP contribution in [0.1, 0.15) is 17.3 Å². The molecule has 2 aromatic carbocycles. The fourth-order valence-electron chi connectivity index (χ4n) is 1.94. The summed E-state index contributed by atoms with van der Waals surface area (Å²) in [5.74, 6) is -2.46. The molecule has 0 bridgehead atoms. The summed E-state index contributed by atoms with van der Waals surface area (Å²) in [4.78, 5) is 13.8. The number of hydrogen-bond acceptors (Lipinski definition) is 2. The first-order valence-corrected chi connectivity index (χ1v) is 6.16. The van der Waals surface area contributed by atoms with Crippen molar-refractivity contribution in [2.24, 2.45) is 0 Å². The van der Waals surface area contributed by atoms with Crippen LogP contribution in [0.25, 0.3) is 0 Å². The third-order valence-electron chi connectivity index (χ3n) is 2.96. The van der Waals surface area contributed by atoms with Gasteiger partial charge in [-0.2, -0.15) is 0 Å². The SMILES string of the molecule is CCN(C(=O)c1ccc(F)c(F)c1)c1ccccc1N. The second kappa shape index (κ2) is 5.69. The minimum Gasteiger partial charge on any atom is -0.397 e. The molecule has 0 aliphatic heterocycles. The third-order valence-corrected chi connectivity index (χ3v) is 2.96. The number of benzene rings is 2. The van der Waals surface area contributed by atoms with Crippen molar-refractivity contribution in [1.82, 2.24) is 0 Å². The van der Waals surface area contributed by atoms with Crippen LogP contribution in [-0.2, 0) is 0 Å². The Labute approximate surface area is 115 Å². The first kappa shape index (κ1) is 14.0. The maximum atomic E-state index is 13.2. The summed E-state index contributed by atoms with van der Waals surface area (Å²) in [6.07, 6.45) is 0. The van der Waals surface area contributed by atoms with Gasteiger partial charge in [-0.15, -0.1) is 0 Å². The summed E-state index contributed by atoms with van der Waals surface area (Å²) in [5.41, 5.74) is 6.91. The monoisotopic (exact) mass is 276 g/mol. The van der Waals surface area contributed by atoms with Gasteiger partial charge in [-0.3, -0.25) is 4.79 Å². The first-order valence-electron chi connectivity index (χ1n) is 6.16. The average molecular weight is 276 g/mol. The number of para-hydroxylation sites is 2. The molecular formula is C15H14F2N2O. The van der Waals surface area contributed by atoms with Crippen molar-refractivity contribution >= 4 is 17.3 Å². The molecule has 3 nitrogen and oxygen atoms in total. The van der Waals surface area contributed by atoms with Crippen LogP contribution < -0.4 is 10.6 Å².